The molecule has 0 bridgehead atoms. The number of thioether (sulfide) groups is 2. The highest BCUT2D eigenvalue weighted by Crippen LogP contribution is 2.43. The van der Waals surface area contributed by atoms with Gasteiger partial charge in [-0.25, -0.2) is 23.4 Å². The number of nitrogens with two attached hydrogens (primary N) is 2. The topological polar surface area (TPSA) is 198 Å². The highest BCUT2D eigenvalue weighted by atomic mass is 32.2. The van der Waals surface area contributed by atoms with Gasteiger partial charge in [0, 0.05) is 11.0 Å². The van der Waals surface area contributed by atoms with Gasteiger partial charge in [-0.2, -0.15) is 0 Å². The van der Waals surface area contributed by atoms with E-state index in [9.17, 15) is 23.1 Å². The van der Waals surface area contributed by atoms with E-state index < -0.39 is 38.6 Å². The third kappa shape index (κ3) is 4.26. The molecule has 0 radical (unpaired) electrons. The number of fused-ring (bicyclic) bond motifs is 1. The monoisotopic (exact) mass is 435 g/mol. The molecular formula is C12H17N7O5S3. The van der Waals surface area contributed by atoms with Crippen LogP contribution in [0.3, 0.4) is 0 Å². The van der Waals surface area contributed by atoms with Gasteiger partial charge in [0.1, 0.15) is 17.1 Å². The second-order valence-electron chi connectivity index (χ2n) is 5.94. The van der Waals surface area contributed by atoms with Gasteiger partial charge < -0.3 is 10.8 Å². The molecule has 1 aromatic rings. The molecule has 0 aliphatic carbocycles. The zero-order chi connectivity index (χ0) is 19.8. The lowest BCUT2D eigenvalue weighted by molar-refractivity contribution is -0.148. The van der Waals surface area contributed by atoms with E-state index in [1.54, 1.807) is 0 Å². The van der Waals surface area contributed by atoms with Crippen LogP contribution in [0.4, 0.5) is 0 Å². The number of hydrogen-bond donors (Lipinski definition) is 4. The van der Waals surface area contributed by atoms with Crippen molar-refractivity contribution in [3.05, 3.63) is 11.3 Å². The van der Waals surface area contributed by atoms with Crippen molar-refractivity contribution >= 4 is 45.4 Å². The molecule has 2 aliphatic heterocycles. The summed E-state index contributed by atoms with van der Waals surface area (Å²) in [5.74, 6) is -1.57. The fraction of sp³-hybridized carbons (Fsp3) is 0.583. The second kappa shape index (κ2) is 7.75. The number of carboxylic acid groups (broad SMARTS) is 1. The molecule has 2 aliphatic rings. The van der Waals surface area contributed by atoms with Crippen LogP contribution in [-0.2, 0) is 19.6 Å². The molecular weight excluding hydrogens is 418 g/mol. The first kappa shape index (κ1) is 20.1. The number of aliphatic carboxylic acids is 1. The number of amides is 1. The summed E-state index contributed by atoms with van der Waals surface area (Å²) in [6.45, 7) is 0. The number of rotatable bonds is 8. The SMILES string of the molecule is NC1C(=O)N2C(C(=O)O)=C(C(CCCS(N)(=O)=O)Sc3nnn[nH]3)CS[C@@H]12. The van der Waals surface area contributed by atoms with Gasteiger partial charge in [0.05, 0.1) is 5.75 Å². The van der Waals surface area contributed by atoms with E-state index in [1.807, 2.05) is 0 Å². The van der Waals surface area contributed by atoms with Crippen LogP contribution in [0, 0.1) is 0 Å². The quantitative estimate of drug-likeness (QED) is 0.268. The number of nitrogens with one attached hydrogen (secondary N) is 1. The first-order valence-corrected chi connectivity index (χ1v) is 11.4. The smallest absolute Gasteiger partial charge is 0.352 e. The van der Waals surface area contributed by atoms with Crippen LogP contribution >= 0.6 is 23.5 Å². The molecule has 0 saturated carbocycles. The van der Waals surface area contributed by atoms with Crippen LogP contribution in [0.2, 0.25) is 0 Å². The zero-order valence-electron chi connectivity index (χ0n) is 13.8. The van der Waals surface area contributed by atoms with Crippen LogP contribution in [0.25, 0.3) is 0 Å². The first-order valence-electron chi connectivity index (χ1n) is 7.76. The standard InChI is InChI=1S/C12H17N7O5S3/c13-7-9(20)19-8(11(21)22)5(4-25-10(7)19)6(2-1-3-27(14,23)24)26-12-15-17-18-16-12/h6-7,10H,1-4,13H2,(H,21,22)(H2,14,23,24)(H,15,16,17,18)/t6?,7?,10-/m0/s1. The molecule has 1 aromatic heterocycles. The fourth-order valence-electron chi connectivity index (χ4n) is 2.90. The number of hydrogen-bond acceptors (Lipinski definition) is 10. The number of aromatic nitrogens is 4. The Balaban J connectivity index is 1.90. The van der Waals surface area contributed by atoms with E-state index in [1.165, 1.54) is 28.4 Å². The van der Waals surface area contributed by atoms with Crippen molar-refractivity contribution < 1.29 is 23.1 Å². The lowest BCUT2D eigenvalue weighted by Crippen LogP contribution is -2.68. The number of carboxylic acids is 1. The van der Waals surface area contributed by atoms with Crippen molar-refractivity contribution in [3.63, 3.8) is 0 Å². The number of sulfonamides is 1. The minimum atomic E-state index is -3.64. The van der Waals surface area contributed by atoms with Crippen molar-refractivity contribution in [2.24, 2.45) is 10.9 Å². The third-order valence-electron chi connectivity index (χ3n) is 4.11. The second-order valence-corrected chi connectivity index (χ2v) is 9.97. The molecule has 12 nitrogen and oxygen atoms in total. The van der Waals surface area contributed by atoms with E-state index in [0.717, 1.165) is 0 Å². The maximum Gasteiger partial charge on any atom is 0.352 e. The fourth-order valence-corrected chi connectivity index (χ4v) is 6.01. The Morgan fingerprint density at radius 2 is 2.26 bits per heavy atom. The Morgan fingerprint density at radius 1 is 1.52 bits per heavy atom. The summed E-state index contributed by atoms with van der Waals surface area (Å²) in [6.07, 6.45) is 0.531. The minimum Gasteiger partial charge on any atom is -0.477 e. The van der Waals surface area contributed by atoms with Crippen molar-refractivity contribution in [3.8, 4) is 0 Å². The summed E-state index contributed by atoms with van der Waals surface area (Å²) in [6, 6.07) is -0.724. The van der Waals surface area contributed by atoms with Gasteiger partial charge in [0.2, 0.25) is 21.1 Å². The summed E-state index contributed by atoms with van der Waals surface area (Å²) < 4.78 is 22.4. The number of aromatic amines is 1. The number of primary sulfonamides is 1. The van der Waals surface area contributed by atoms with Gasteiger partial charge in [-0.15, -0.1) is 16.9 Å². The first-order chi connectivity index (χ1) is 12.7. The van der Waals surface area contributed by atoms with Crippen molar-refractivity contribution in [1.29, 1.82) is 0 Å². The van der Waals surface area contributed by atoms with E-state index in [2.05, 4.69) is 20.6 Å². The van der Waals surface area contributed by atoms with E-state index in [0.29, 0.717) is 22.9 Å². The molecule has 15 heteroatoms. The predicted octanol–water partition coefficient (Wildman–Crippen LogP) is -1.69. The predicted molar refractivity (Wildman–Crippen MR) is 96.8 cm³/mol. The maximum absolute atomic E-state index is 12.1. The van der Waals surface area contributed by atoms with Crippen LogP contribution in [0.5, 0.6) is 0 Å². The third-order valence-corrected chi connectivity index (χ3v) is 7.49. The van der Waals surface area contributed by atoms with Crippen molar-refractivity contribution in [2.75, 3.05) is 11.5 Å². The van der Waals surface area contributed by atoms with Gasteiger partial charge >= 0.3 is 5.97 Å². The molecule has 1 fully saturated rings. The summed E-state index contributed by atoms with van der Waals surface area (Å²) in [4.78, 5) is 25.2. The van der Waals surface area contributed by atoms with Crippen molar-refractivity contribution in [2.45, 2.75) is 34.7 Å². The number of carbonyl (C=O) groups excluding carboxylic acids is 1. The Labute approximate surface area is 162 Å². The summed E-state index contributed by atoms with van der Waals surface area (Å²) in [5, 5.41) is 27.5. The number of carbonyl (C=O) groups is 2. The molecule has 6 N–H and O–H groups in total. The number of H-pyrrole nitrogens is 1. The molecule has 1 saturated heterocycles. The number of tetrazole rings is 1. The lowest BCUT2D eigenvalue weighted by atomic mass is 10.0. The minimum absolute atomic E-state index is 0.106. The van der Waals surface area contributed by atoms with Gasteiger partial charge in [0.25, 0.3) is 0 Å². The Bertz CT molecular complexity index is 872. The highest BCUT2D eigenvalue weighted by Gasteiger charge is 2.52. The van der Waals surface area contributed by atoms with E-state index >= 15 is 0 Å². The van der Waals surface area contributed by atoms with E-state index in [-0.39, 0.29) is 17.9 Å². The van der Waals surface area contributed by atoms with Crippen LogP contribution in [0.1, 0.15) is 12.8 Å². The Morgan fingerprint density at radius 3 is 2.85 bits per heavy atom. The number of β-lactam (4-membered cyclic amide) rings is 1. The van der Waals surface area contributed by atoms with Crippen LogP contribution in [-0.4, -0.2) is 79.1 Å². The zero-order valence-corrected chi connectivity index (χ0v) is 16.3. The molecule has 27 heavy (non-hydrogen) atoms. The molecule has 1 amide bonds. The Kier molecular flexibility index (Phi) is 5.76. The average Bonchev–Trinajstić information content (AvgIpc) is 3.10. The van der Waals surface area contributed by atoms with Gasteiger partial charge in [-0.1, -0.05) is 11.8 Å². The molecule has 0 spiro atoms. The molecule has 2 unspecified atom stereocenters. The molecule has 3 rings (SSSR count). The molecule has 148 valence electrons. The lowest BCUT2D eigenvalue weighted by Gasteiger charge is -2.48. The van der Waals surface area contributed by atoms with E-state index in [4.69, 9.17) is 10.9 Å². The molecule has 3 heterocycles. The Hall–Kier alpha value is -1.68. The van der Waals surface area contributed by atoms with Gasteiger partial charge in [-0.3, -0.25) is 9.69 Å². The summed E-state index contributed by atoms with van der Waals surface area (Å²) in [5.41, 5.74) is 6.15. The van der Waals surface area contributed by atoms with Crippen LogP contribution in [0.15, 0.2) is 16.4 Å². The van der Waals surface area contributed by atoms with Gasteiger partial charge in [0.15, 0.2) is 0 Å². The number of nitrogens with zero attached hydrogens (tertiary/aromatic N) is 4. The maximum atomic E-state index is 12.1. The van der Waals surface area contributed by atoms with Gasteiger partial charge in [-0.05, 0) is 28.8 Å². The molecule has 0 aromatic carbocycles. The summed E-state index contributed by atoms with van der Waals surface area (Å²) >= 11 is 2.55. The average molecular weight is 436 g/mol. The normalized spacial score (nSPS) is 23.8. The molecule has 3 atom stereocenters. The largest absolute Gasteiger partial charge is 0.477 e. The van der Waals surface area contributed by atoms with Crippen molar-refractivity contribution in [1.82, 2.24) is 25.5 Å². The summed E-state index contributed by atoms with van der Waals surface area (Å²) in [7, 11) is -3.64. The highest BCUT2D eigenvalue weighted by molar-refractivity contribution is 8.01. The van der Waals surface area contributed by atoms with Crippen LogP contribution < -0.4 is 10.9 Å².